The minimum Gasteiger partial charge on any atom is -0.362 e. The zero-order valence-electron chi connectivity index (χ0n) is 37.2. The van der Waals surface area contributed by atoms with Gasteiger partial charge in [0.1, 0.15) is 17.8 Å². The van der Waals surface area contributed by atoms with E-state index in [1.54, 1.807) is 0 Å². The molecule has 0 amide bonds. The molecule has 5 nitrogen and oxygen atoms in total. The molecule has 0 saturated carbocycles. The van der Waals surface area contributed by atoms with Crippen molar-refractivity contribution in [2.45, 2.75) is 74.3 Å². The smallest absolute Gasteiger partial charge is 0.148 e. The molecular weight excluding hydrogens is 803 g/mol. The van der Waals surface area contributed by atoms with E-state index in [0.717, 1.165) is 54.9 Å². The molecule has 1 N–H and O–H groups in total. The number of para-hydroxylation sites is 1. The second kappa shape index (κ2) is 16.5. The Kier molecular flexibility index (Phi) is 9.83. The van der Waals surface area contributed by atoms with Gasteiger partial charge in [-0.1, -0.05) is 194 Å². The van der Waals surface area contributed by atoms with Crippen LogP contribution in [0.4, 0.5) is 5.69 Å². The summed E-state index contributed by atoms with van der Waals surface area (Å²) in [7, 11) is 0. The summed E-state index contributed by atoms with van der Waals surface area (Å²) in [5.41, 5.74) is 13.2. The van der Waals surface area contributed by atoms with Gasteiger partial charge in [-0.25, -0.2) is 9.98 Å². The highest BCUT2D eigenvalue weighted by atomic mass is 15.3. The van der Waals surface area contributed by atoms with Crippen molar-refractivity contribution in [1.29, 1.82) is 0 Å². The van der Waals surface area contributed by atoms with E-state index in [2.05, 4.69) is 221 Å². The highest BCUT2D eigenvalue weighted by molar-refractivity contribution is 6.16. The van der Waals surface area contributed by atoms with Gasteiger partial charge in [0.05, 0.1) is 24.2 Å². The van der Waals surface area contributed by atoms with Crippen molar-refractivity contribution in [3.05, 3.63) is 239 Å². The average Bonchev–Trinajstić information content (AvgIpc) is 3.91. The van der Waals surface area contributed by atoms with E-state index in [0.29, 0.717) is 35.9 Å². The highest BCUT2D eigenvalue weighted by Crippen LogP contribution is 2.54. The van der Waals surface area contributed by atoms with E-state index in [1.165, 1.54) is 44.8 Å². The van der Waals surface area contributed by atoms with Crippen LogP contribution >= 0.6 is 0 Å². The summed E-state index contributed by atoms with van der Waals surface area (Å²) in [6.07, 6.45) is 34.0. The van der Waals surface area contributed by atoms with Crippen molar-refractivity contribution >= 4 is 23.4 Å². The van der Waals surface area contributed by atoms with Gasteiger partial charge in [-0.2, -0.15) is 0 Å². The lowest BCUT2D eigenvalue weighted by molar-refractivity contribution is 0.186. The Labute approximate surface area is 389 Å². The van der Waals surface area contributed by atoms with Crippen LogP contribution in [0.15, 0.2) is 222 Å². The molecule has 3 aliphatic heterocycles. The van der Waals surface area contributed by atoms with Gasteiger partial charge in [-0.05, 0) is 77.6 Å². The summed E-state index contributed by atoms with van der Waals surface area (Å²) >= 11 is 0. The largest absolute Gasteiger partial charge is 0.362 e. The van der Waals surface area contributed by atoms with Gasteiger partial charge in [0, 0.05) is 52.1 Å². The number of hydrogen-bond acceptors (Lipinski definition) is 5. The second-order valence-electron chi connectivity index (χ2n) is 19.4. The zero-order chi connectivity index (χ0) is 43.6. The molecule has 1 fully saturated rings. The van der Waals surface area contributed by atoms with Crippen LogP contribution in [0.1, 0.15) is 65.3 Å². The molecule has 3 heterocycles. The monoisotopic (exact) mass is 857 g/mol. The number of amidine groups is 2. The predicted molar refractivity (Wildman–Crippen MR) is 271 cm³/mol. The van der Waals surface area contributed by atoms with Crippen LogP contribution in [0.3, 0.4) is 0 Å². The van der Waals surface area contributed by atoms with Crippen LogP contribution in [-0.4, -0.2) is 46.9 Å². The average molecular weight is 858 g/mol. The van der Waals surface area contributed by atoms with Gasteiger partial charge < -0.3 is 15.1 Å². The number of aliphatic imine (C=N–C) groups is 2. The fraction of sp³-hybridized carbons (Fsp3) is 0.246. The molecule has 13 rings (SSSR count). The van der Waals surface area contributed by atoms with Crippen molar-refractivity contribution in [2.24, 2.45) is 27.7 Å². The van der Waals surface area contributed by atoms with Crippen LogP contribution in [0, 0.1) is 17.8 Å². The molecule has 5 aliphatic carbocycles. The van der Waals surface area contributed by atoms with E-state index < -0.39 is 0 Å². The Hall–Kier alpha value is -6.98. The molecule has 10 unspecified atom stereocenters. The fourth-order valence-corrected chi connectivity index (χ4v) is 12.9. The summed E-state index contributed by atoms with van der Waals surface area (Å²) in [5.74, 6) is 3.56. The highest BCUT2D eigenvalue weighted by Gasteiger charge is 2.54. The normalized spacial score (nSPS) is 29.9. The lowest BCUT2D eigenvalue weighted by Gasteiger charge is -2.47. The Bertz CT molecular complexity index is 2950. The third-order valence-corrected chi connectivity index (χ3v) is 15.9. The van der Waals surface area contributed by atoms with Gasteiger partial charge in [-0.15, -0.1) is 0 Å². The third-order valence-electron chi connectivity index (χ3n) is 15.9. The maximum absolute atomic E-state index is 5.56. The molecular formula is C61H55N5. The first-order valence-electron chi connectivity index (χ1n) is 24.4. The summed E-state index contributed by atoms with van der Waals surface area (Å²) in [4.78, 5) is 16.7. The molecule has 0 bridgehead atoms. The maximum Gasteiger partial charge on any atom is 0.148 e. The van der Waals surface area contributed by atoms with Gasteiger partial charge in [-0.3, -0.25) is 0 Å². The van der Waals surface area contributed by atoms with Crippen molar-refractivity contribution < 1.29 is 0 Å². The fourth-order valence-electron chi connectivity index (χ4n) is 12.9. The SMILES string of the molecule is C1=CC2c3ccccc3N(C3CC=CC4C5Cc6ccccc6C=C5N(C5C=CC(C6=NC(C7CCC=CC7c7ccccc7)N=C(c7ccc(-c8ccccc8)cc7)N6)=CC5)C43)C2C=C1. The van der Waals surface area contributed by atoms with Gasteiger partial charge >= 0.3 is 0 Å². The first kappa shape index (κ1) is 39.4. The number of nitrogens with zero attached hydrogens (tertiary/aromatic N) is 4. The summed E-state index contributed by atoms with van der Waals surface area (Å²) in [6.45, 7) is 0. The molecule has 5 aromatic carbocycles. The molecule has 8 aliphatic rings. The van der Waals surface area contributed by atoms with Crippen molar-refractivity contribution in [3.8, 4) is 11.1 Å². The molecule has 5 heteroatoms. The first-order valence-corrected chi connectivity index (χ1v) is 24.4. The van der Waals surface area contributed by atoms with E-state index in [4.69, 9.17) is 9.98 Å². The number of hydrogen-bond donors (Lipinski definition) is 1. The number of anilines is 1. The topological polar surface area (TPSA) is 43.2 Å². The minimum atomic E-state index is -0.217. The molecule has 5 aromatic rings. The minimum absolute atomic E-state index is 0.217. The number of likely N-dealkylation sites (tertiary alicyclic amines) is 1. The molecule has 324 valence electrons. The van der Waals surface area contributed by atoms with Crippen LogP contribution < -0.4 is 10.2 Å². The molecule has 66 heavy (non-hydrogen) atoms. The number of allylic oxidation sites excluding steroid dienone is 5. The molecule has 0 aromatic heterocycles. The standard InChI is InChI=1S/C61H55N5/c1-3-16-40(17-4-1)41-30-32-43(33-31-41)59-62-60(64-61(63-59)52-25-10-9-22-48(52)42-18-5-2-6-19-42)44-34-36-47(37-35-44)65-57-39-46-21-8-7-20-45(46)38-53(57)51-26-15-29-56(58(51)65)66-54-27-13-11-23-49(54)50-24-12-14-28-55(50)66/h1-9,11-24,26-28,30-36,39,47-49,51-54,56,58,61H,10,25,29,37-38H2,(H,62,63,64). The van der Waals surface area contributed by atoms with E-state index in [1.807, 2.05) is 0 Å². The van der Waals surface area contributed by atoms with Crippen molar-refractivity contribution in [3.63, 3.8) is 0 Å². The molecule has 0 spiro atoms. The number of nitrogens with one attached hydrogen (secondary N) is 1. The predicted octanol–water partition coefficient (Wildman–Crippen LogP) is 12.4. The molecule has 1 saturated heterocycles. The number of fused-ring (bicyclic) bond motifs is 7. The lowest BCUT2D eigenvalue weighted by atomic mass is 9.75. The Morgan fingerprint density at radius 3 is 2.23 bits per heavy atom. The Morgan fingerprint density at radius 2 is 1.36 bits per heavy atom. The zero-order valence-corrected chi connectivity index (χ0v) is 37.2. The van der Waals surface area contributed by atoms with E-state index in [9.17, 15) is 0 Å². The molecule has 10 atom stereocenters. The first-order chi connectivity index (χ1) is 32.7. The van der Waals surface area contributed by atoms with Crippen LogP contribution in [0.5, 0.6) is 0 Å². The number of rotatable bonds is 7. The van der Waals surface area contributed by atoms with Gasteiger partial charge in [0.25, 0.3) is 0 Å². The molecule has 0 radical (unpaired) electrons. The van der Waals surface area contributed by atoms with Crippen LogP contribution in [0.25, 0.3) is 17.2 Å². The van der Waals surface area contributed by atoms with Crippen LogP contribution in [0.2, 0.25) is 0 Å². The number of benzene rings is 5. The van der Waals surface area contributed by atoms with Gasteiger partial charge in [0.2, 0.25) is 0 Å². The lowest BCUT2D eigenvalue weighted by Crippen LogP contribution is -2.56. The second-order valence-corrected chi connectivity index (χ2v) is 19.4. The van der Waals surface area contributed by atoms with Crippen molar-refractivity contribution in [2.75, 3.05) is 4.90 Å². The summed E-state index contributed by atoms with van der Waals surface area (Å²) < 4.78 is 0. The summed E-state index contributed by atoms with van der Waals surface area (Å²) in [6, 6.07) is 50.0. The third kappa shape index (κ3) is 6.73. The maximum atomic E-state index is 5.56. The van der Waals surface area contributed by atoms with E-state index in [-0.39, 0.29) is 24.0 Å². The Morgan fingerprint density at radius 1 is 0.606 bits per heavy atom. The summed E-state index contributed by atoms with van der Waals surface area (Å²) in [5, 5.41) is 3.80. The quantitative estimate of drug-likeness (QED) is 0.166. The van der Waals surface area contributed by atoms with Gasteiger partial charge in [0.15, 0.2) is 0 Å². The van der Waals surface area contributed by atoms with Crippen LogP contribution in [-0.2, 0) is 6.42 Å². The van der Waals surface area contributed by atoms with Crippen molar-refractivity contribution in [1.82, 2.24) is 10.2 Å². The van der Waals surface area contributed by atoms with E-state index >= 15 is 0 Å². The Balaban J connectivity index is 0.855.